The minimum absolute atomic E-state index is 0.0237. The van der Waals surface area contributed by atoms with E-state index in [1.54, 1.807) is 32.2 Å². The quantitative estimate of drug-likeness (QED) is 0.753. The summed E-state index contributed by atoms with van der Waals surface area (Å²) in [6.07, 6.45) is 0. The average molecular weight is 390 g/mol. The third-order valence-corrected chi connectivity index (χ3v) is 5.49. The van der Waals surface area contributed by atoms with Gasteiger partial charge in [0, 0.05) is 12.6 Å². The van der Waals surface area contributed by atoms with E-state index in [1.165, 1.54) is 11.4 Å². The van der Waals surface area contributed by atoms with Crippen molar-refractivity contribution in [1.29, 1.82) is 0 Å². The summed E-state index contributed by atoms with van der Waals surface area (Å²) in [6, 6.07) is 5.35. The van der Waals surface area contributed by atoms with Crippen molar-refractivity contribution in [3.05, 3.63) is 28.6 Å². The molecule has 0 fully saturated rings. The van der Waals surface area contributed by atoms with Gasteiger partial charge in [0.2, 0.25) is 21.8 Å². The summed E-state index contributed by atoms with van der Waals surface area (Å²) in [6.45, 7) is 1.63. The van der Waals surface area contributed by atoms with Crippen LogP contribution in [-0.2, 0) is 16.6 Å². The van der Waals surface area contributed by atoms with Gasteiger partial charge >= 0.3 is 0 Å². The SMILES string of the molecule is CCS(=O)(=O)N(C)Cc1nnc(-c2ccc(OC)c(Br)c2)o1. The molecule has 2 aromatic rings. The molecule has 0 saturated carbocycles. The van der Waals surface area contributed by atoms with Crippen LogP contribution in [0.3, 0.4) is 0 Å². The summed E-state index contributed by atoms with van der Waals surface area (Å²) in [5.74, 6) is 1.27. The Hall–Kier alpha value is -1.45. The molecule has 1 aromatic heterocycles. The third-order valence-electron chi connectivity index (χ3n) is 3.06. The van der Waals surface area contributed by atoms with Crippen molar-refractivity contribution < 1.29 is 17.6 Å². The van der Waals surface area contributed by atoms with E-state index < -0.39 is 10.0 Å². The van der Waals surface area contributed by atoms with Gasteiger partial charge in [0.15, 0.2) is 0 Å². The molecule has 9 heteroatoms. The zero-order valence-corrected chi connectivity index (χ0v) is 14.8. The van der Waals surface area contributed by atoms with Gasteiger partial charge in [0.05, 0.1) is 23.9 Å². The number of ether oxygens (including phenoxy) is 1. The smallest absolute Gasteiger partial charge is 0.247 e. The Morgan fingerprint density at radius 3 is 2.68 bits per heavy atom. The zero-order valence-electron chi connectivity index (χ0n) is 12.4. The molecular weight excluding hydrogens is 374 g/mol. The fraction of sp³-hybridized carbons (Fsp3) is 0.385. The maximum atomic E-state index is 11.7. The summed E-state index contributed by atoms with van der Waals surface area (Å²) < 4.78 is 36.0. The van der Waals surface area contributed by atoms with Crippen molar-refractivity contribution in [3.63, 3.8) is 0 Å². The molecular formula is C13H16BrN3O4S. The van der Waals surface area contributed by atoms with Crippen molar-refractivity contribution in [2.24, 2.45) is 0 Å². The van der Waals surface area contributed by atoms with E-state index >= 15 is 0 Å². The molecule has 7 nitrogen and oxygen atoms in total. The molecule has 0 spiro atoms. The highest BCUT2D eigenvalue weighted by Crippen LogP contribution is 2.30. The second-order valence-corrected chi connectivity index (χ2v) is 7.73. The molecule has 0 aliphatic carbocycles. The Morgan fingerprint density at radius 1 is 1.36 bits per heavy atom. The highest BCUT2D eigenvalue weighted by molar-refractivity contribution is 9.10. The first kappa shape index (κ1) is 16.9. The fourth-order valence-electron chi connectivity index (χ4n) is 1.74. The van der Waals surface area contributed by atoms with E-state index in [1.807, 2.05) is 0 Å². The van der Waals surface area contributed by atoms with Gasteiger partial charge in [-0.25, -0.2) is 8.42 Å². The van der Waals surface area contributed by atoms with Crippen LogP contribution in [0.5, 0.6) is 5.75 Å². The lowest BCUT2D eigenvalue weighted by molar-refractivity contribution is 0.400. The first-order valence-electron chi connectivity index (χ1n) is 6.47. The normalized spacial score (nSPS) is 11.9. The number of aromatic nitrogens is 2. The summed E-state index contributed by atoms with van der Waals surface area (Å²) in [5.41, 5.74) is 0.715. The molecule has 0 N–H and O–H groups in total. The first-order chi connectivity index (χ1) is 10.4. The molecule has 0 saturated heterocycles. The highest BCUT2D eigenvalue weighted by atomic mass is 79.9. The summed E-state index contributed by atoms with van der Waals surface area (Å²) in [5, 5.41) is 7.83. The number of nitrogens with zero attached hydrogens (tertiary/aromatic N) is 3. The van der Waals surface area contributed by atoms with E-state index in [0.717, 1.165) is 4.47 Å². The third kappa shape index (κ3) is 3.65. The molecule has 0 amide bonds. The van der Waals surface area contributed by atoms with Crippen molar-refractivity contribution >= 4 is 26.0 Å². The largest absolute Gasteiger partial charge is 0.496 e. The lowest BCUT2D eigenvalue weighted by atomic mass is 10.2. The Labute approximate surface area is 137 Å². The first-order valence-corrected chi connectivity index (χ1v) is 8.88. The van der Waals surface area contributed by atoms with Crippen LogP contribution in [0.15, 0.2) is 27.1 Å². The minimum Gasteiger partial charge on any atom is -0.496 e. The molecule has 0 aliphatic rings. The van der Waals surface area contributed by atoms with Gasteiger partial charge in [-0.3, -0.25) is 0 Å². The number of halogens is 1. The van der Waals surface area contributed by atoms with Crippen LogP contribution in [0.25, 0.3) is 11.5 Å². The molecule has 0 radical (unpaired) electrons. The molecule has 0 aliphatic heterocycles. The number of rotatable bonds is 6. The van der Waals surface area contributed by atoms with E-state index in [-0.39, 0.29) is 18.2 Å². The van der Waals surface area contributed by atoms with Crippen LogP contribution in [0.1, 0.15) is 12.8 Å². The maximum Gasteiger partial charge on any atom is 0.247 e. The highest BCUT2D eigenvalue weighted by Gasteiger charge is 2.19. The summed E-state index contributed by atoms with van der Waals surface area (Å²) in [7, 11) is -0.229. The van der Waals surface area contributed by atoms with Crippen molar-refractivity contribution in [2.45, 2.75) is 13.5 Å². The van der Waals surface area contributed by atoms with Gasteiger partial charge in [-0.15, -0.1) is 10.2 Å². The minimum atomic E-state index is -3.29. The molecule has 2 rings (SSSR count). The van der Waals surface area contributed by atoms with Crippen LogP contribution >= 0.6 is 15.9 Å². The average Bonchev–Trinajstić information content (AvgIpc) is 2.95. The van der Waals surface area contributed by atoms with Crippen molar-refractivity contribution in [1.82, 2.24) is 14.5 Å². The number of benzene rings is 1. The lowest BCUT2D eigenvalue weighted by Gasteiger charge is -2.12. The van der Waals surface area contributed by atoms with Gasteiger partial charge in [-0.05, 0) is 41.1 Å². The molecule has 0 atom stereocenters. The topological polar surface area (TPSA) is 85.5 Å². The van der Waals surface area contributed by atoms with Crippen LogP contribution < -0.4 is 4.74 Å². The number of sulfonamides is 1. The molecule has 0 bridgehead atoms. The summed E-state index contributed by atoms with van der Waals surface area (Å²) >= 11 is 3.38. The van der Waals surface area contributed by atoms with E-state index in [9.17, 15) is 8.42 Å². The standard InChI is InChI=1S/C13H16BrN3O4S/c1-4-22(18,19)17(2)8-12-15-16-13(21-12)9-5-6-11(20-3)10(14)7-9/h5-7H,4,8H2,1-3H3. The second-order valence-electron chi connectivity index (χ2n) is 4.51. The van der Waals surface area contributed by atoms with Crippen LogP contribution in [0.4, 0.5) is 0 Å². The predicted octanol–water partition coefficient (Wildman–Crippen LogP) is 2.29. The Kier molecular flexibility index (Phi) is 5.20. The van der Waals surface area contributed by atoms with Crippen LogP contribution in [0, 0.1) is 0 Å². The van der Waals surface area contributed by atoms with E-state index in [2.05, 4.69) is 26.1 Å². The lowest BCUT2D eigenvalue weighted by Crippen LogP contribution is -2.27. The number of methoxy groups -OCH3 is 1. The van der Waals surface area contributed by atoms with Crippen LogP contribution in [0.2, 0.25) is 0 Å². The Balaban J connectivity index is 2.20. The Bertz CT molecular complexity index is 760. The monoisotopic (exact) mass is 389 g/mol. The number of hydrogen-bond donors (Lipinski definition) is 0. The molecule has 1 heterocycles. The van der Waals surface area contributed by atoms with Gasteiger partial charge in [-0.1, -0.05) is 0 Å². The van der Waals surface area contributed by atoms with Gasteiger partial charge in [0.1, 0.15) is 5.75 Å². The fourth-order valence-corrected chi connectivity index (χ4v) is 3.03. The Morgan fingerprint density at radius 2 is 2.09 bits per heavy atom. The molecule has 120 valence electrons. The van der Waals surface area contributed by atoms with E-state index in [0.29, 0.717) is 17.2 Å². The molecule has 22 heavy (non-hydrogen) atoms. The van der Waals surface area contributed by atoms with E-state index in [4.69, 9.17) is 9.15 Å². The zero-order chi connectivity index (χ0) is 16.3. The second kappa shape index (κ2) is 6.76. The van der Waals surface area contributed by atoms with Gasteiger partial charge in [-0.2, -0.15) is 4.31 Å². The molecule has 0 unspecified atom stereocenters. The predicted molar refractivity (Wildman–Crippen MR) is 84.9 cm³/mol. The van der Waals surface area contributed by atoms with Crippen molar-refractivity contribution in [3.8, 4) is 17.2 Å². The van der Waals surface area contributed by atoms with Gasteiger partial charge < -0.3 is 9.15 Å². The summed E-state index contributed by atoms with van der Waals surface area (Å²) in [4.78, 5) is 0. The van der Waals surface area contributed by atoms with Crippen molar-refractivity contribution in [2.75, 3.05) is 19.9 Å². The number of hydrogen-bond acceptors (Lipinski definition) is 6. The molecule has 1 aromatic carbocycles. The van der Waals surface area contributed by atoms with Gasteiger partial charge in [0.25, 0.3) is 0 Å². The van der Waals surface area contributed by atoms with Crippen LogP contribution in [-0.4, -0.2) is 42.8 Å². The maximum absolute atomic E-state index is 11.7.